The summed E-state index contributed by atoms with van der Waals surface area (Å²) in [4.78, 5) is 2.77. The van der Waals surface area contributed by atoms with E-state index in [2.05, 4.69) is 38.0 Å². The first-order chi connectivity index (χ1) is 7.72. The molecule has 16 heavy (non-hydrogen) atoms. The highest BCUT2D eigenvalue weighted by Gasteiger charge is 2.29. The van der Waals surface area contributed by atoms with E-state index in [1.807, 2.05) is 0 Å². The Morgan fingerprint density at radius 2 is 2.06 bits per heavy atom. The zero-order chi connectivity index (χ0) is 12.0. The number of nitrogens with one attached hydrogen (secondary N) is 1. The predicted molar refractivity (Wildman–Crippen MR) is 71.8 cm³/mol. The van der Waals surface area contributed by atoms with Gasteiger partial charge in [0.05, 0.1) is 0 Å². The van der Waals surface area contributed by atoms with E-state index in [9.17, 15) is 0 Å². The van der Waals surface area contributed by atoms with Gasteiger partial charge in [0.2, 0.25) is 0 Å². The number of rotatable bonds is 7. The van der Waals surface area contributed by atoms with Crippen LogP contribution in [-0.4, -0.2) is 37.1 Å². The van der Waals surface area contributed by atoms with Crippen LogP contribution in [0.2, 0.25) is 0 Å². The fraction of sp³-hybridized carbons (Fsp3) is 1.00. The molecule has 1 saturated heterocycles. The van der Waals surface area contributed by atoms with Crippen LogP contribution in [0.15, 0.2) is 0 Å². The van der Waals surface area contributed by atoms with Gasteiger partial charge in [-0.3, -0.25) is 4.90 Å². The Balaban J connectivity index is 2.50. The van der Waals surface area contributed by atoms with Gasteiger partial charge in [0, 0.05) is 18.6 Å². The van der Waals surface area contributed by atoms with Crippen molar-refractivity contribution in [1.82, 2.24) is 10.2 Å². The second-order valence-corrected chi connectivity index (χ2v) is 5.40. The summed E-state index contributed by atoms with van der Waals surface area (Å²) in [6.45, 7) is 9.54. The third-order valence-electron chi connectivity index (χ3n) is 4.17. The van der Waals surface area contributed by atoms with Gasteiger partial charge in [-0.15, -0.1) is 0 Å². The summed E-state index contributed by atoms with van der Waals surface area (Å²) < 4.78 is 0. The average molecular weight is 226 g/mol. The highest BCUT2D eigenvalue weighted by molar-refractivity contribution is 4.86. The van der Waals surface area contributed by atoms with Crippen molar-refractivity contribution in [3.63, 3.8) is 0 Å². The minimum Gasteiger partial charge on any atom is -0.318 e. The monoisotopic (exact) mass is 226 g/mol. The first-order valence-electron chi connectivity index (χ1n) is 7.13. The predicted octanol–water partition coefficient (Wildman–Crippen LogP) is 2.89. The smallest absolute Gasteiger partial charge is 0.0223 e. The summed E-state index contributed by atoms with van der Waals surface area (Å²) in [5.74, 6) is 0.876. The maximum Gasteiger partial charge on any atom is 0.0223 e. The number of nitrogens with zero attached hydrogens (tertiary/aromatic N) is 1. The van der Waals surface area contributed by atoms with Crippen molar-refractivity contribution in [2.45, 2.75) is 65.0 Å². The SMILES string of the molecule is CCC(C)CC(CC)N1CCCC1CNC. The lowest BCUT2D eigenvalue weighted by Crippen LogP contribution is -2.43. The molecule has 0 bridgehead atoms. The Kier molecular flexibility index (Phi) is 6.37. The quantitative estimate of drug-likeness (QED) is 0.718. The van der Waals surface area contributed by atoms with Crippen LogP contribution in [0.4, 0.5) is 0 Å². The molecular formula is C14H30N2. The molecule has 1 heterocycles. The van der Waals surface area contributed by atoms with E-state index in [1.165, 1.54) is 38.6 Å². The zero-order valence-corrected chi connectivity index (χ0v) is 11.6. The Morgan fingerprint density at radius 1 is 1.31 bits per heavy atom. The van der Waals surface area contributed by atoms with Crippen molar-refractivity contribution in [3.05, 3.63) is 0 Å². The van der Waals surface area contributed by atoms with Crippen molar-refractivity contribution in [1.29, 1.82) is 0 Å². The van der Waals surface area contributed by atoms with E-state index in [1.54, 1.807) is 0 Å². The van der Waals surface area contributed by atoms with Crippen LogP contribution in [-0.2, 0) is 0 Å². The molecule has 3 unspecified atom stereocenters. The Bertz CT molecular complexity index is 182. The van der Waals surface area contributed by atoms with Crippen LogP contribution in [0.3, 0.4) is 0 Å². The second-order valence-electron chi connectivity index (χ2n) is 5.40. The van der Waals surface area contributed by atoms with Gasteiger partial charge in [0.25, 0.3) is 0 Å². The van der Waals surface area contributed by atoms with E-state index in [-0.39, 0.29) is 0 Å². The molecule has 1 aliphatic heterocycles. The number of hydrogen-bond donors (Lipinski definition) is 1. The molecule has 0 saturated carbocycles. The minimum absolute atomic E-state index is 0.791. The van der Waals surface area contributed by atoms with Crippen LogP contribution < -0.4 is 5.32 Å². The summed E-state index contributed by atoms with van der Waals surface area (Å²) in [5, 5.41) is 3.34. The highest BCUT2D eigenvalue weighted by atomic mass is 15.2. The molecule has 1 rings (SSSR count). The molecule has 2 heteroatoms. The number of likely N-dealkylation sites (tertiary alicyclic amines) is 1. The fourth-order valence-electron chi connectivity index (χ4n) is 2.96. The molecule has 2 nitrogen and oxygen atoms in total. The summed E-state index contributed by atoms with van der Waals surface area (Å²) in [7, 11) is 2.08. The number of likely N-dealkylation sites (N-methyl/N-ethyl adjacent to an activating group) is 1. The van der Waals surface area contributed by atoms with Gasteiger partial charge in [-0.2, -0.15) is 0 Å². The molecule has 3 atom stereocenters. The second kappa shape index (κ2) is 7.29. The van der Waals surface area contributed by atoms with E-state index in [0.29, 0.717) is 0 Å². The lowest BCUT2D eigenvalue weighted by atomic mass is 9.96. The van der Waals surface area contributed by atoms with Crippen LogP contribution in [0.1, 0.15) is 52.9 Å². The summed E-state index contributed by atoms with van der Waals surface area (Å²) in [6, 6.07) is 1.61. The first-order valence-corrected chi connectivity index (χ1v) is 7.13. The van der Waals surface area contributed by atoms with E-state index in [4.69, 9.17) is 0 Å². The largest absolute Gasteiger partial charge is 0.318 e. The molecule has 0 aromatic rings. The lowest BCUT2D eigenvalue weighted by Gasteiger charge is -2.34. The van der Waals surface area contributed by atoms with Gasteiger partial charge < -0.3 is 5.32 Å². The molecular weight excluding hydrogens is 196 g/mol. The van der Waals surface area contributed by atoms with E-state index in [0.717, 1.165) is 24.5 Å². The van der Waals surface area contributed by atoms with Gasteiger partial charge in [-0.25, -0.2) is 0 Å². The molecule has 1 aliphatic rings. The Morgan fingerprint density at radius 3 is 2.62 bits per heavy atom. The molecule has 0 amide bonds. The lowest BCUT2D eigenvalue weighted by molar-refractivity contribution is 0.149. The van der Waals surface area contributed by atoms with Crippen molar-refractivity contribution in [2.24, 2.45) is 5.92 Å². The fourth-order valence-corrected chi connectivity index (χ4v) is 2.96. The van der Waals surface area contributed by atoms with Gasteiger partial charge in [0.1, 0.15) is 0 Å². The van der Waals surface area contributed by atoms with Gasteiger partial charge in [0.15, 0.2) is 0 Å². The standard InChI is InChI=1S/C14H30N2/c1-5-12(3)10-13(6-2)16-9-7-8-14(16)11-15-4/h12-15H,5-11H2,1-4H3. The van der Waals surface area contributed by atoms with E-state index >= 15 is 0 Å². The molecule has 0 aromatic heterocycles. The minimum atomic E-state index is 0.791. The van der Waals surface area contributed by atoms with Crippen LogP contribution in [0.5, 0.6) is 0 Å². The number of hydrogen-bond acceptors (Lipinski definition) is 2. The topological polar surface area (TPSA) is 15.3 Å². The normalized spacial score (nSPS) is 25.9. The molecule has 96 valence electrons. The van der Waals surface area contributed by atoms with Crippen LogP contribution in [0.25, 0.3) is 0 Å². The molecule has 0 aliphatic carbocycles. The molecule has 1 fully saturated rings. The Hall–Kier alpha value is -0.0800. The maximum absolute atomic E-state index is 3.34. The van der Waals surface area contributed by atoms with Crippen LogP contribution in [0, 0.1) is 5.92 Å². The summed E-state index contributed by atoms with van der Waals surface area (Å²) >= 11 is 0. The van der Waals surface area contributed by atoms with Crippen molar-refractivity contribution in [2.75, 3.05) is 20.1 Å². The Labute approximate surface area is 102 Å². The van der Waals surface area contributed by atoms with Gasteiger partial charge in [-0.1, -0.05) is 27.2 Å². The first kappa shape index (κ1) is 14.0. The van der Waals surface area contributed by atoms with E-state index < -0.39 is 0 Å². The third kappa shape index (κ3) is 3.74. The van der Waals surface area contributed by atoms with Gasteiger partial charge >= 0.3 is 0 Å². The van der Waals surface area contributed by atoms with Gasteiger partial charge in [-0.05, 0) is 45.2 Å². The zero-order valence-electron chi connectivity index (χ0n) is 11.6. The summed E-state index contributed by atoms with van der Waals surface area (Å²) in [5.41, 5.74) is 0. The molecule has 0 radical (unpaired) electrons. The van der Waals surface area contributed by atoms with Crippen molar-refractivity contribution < 1.29 is 0 Å². The third-order valence-corrected chi connectivity index (χ3v) is 4.17. The van der Waals surface area contributed by atoms with Crippen molar-refractivity contribution >= 4 is 0 Å². The summed E-state index contributed by atoms with van der Waals surface area (Å²) in [6.07, 6.45) is 6.79. The molecule has 1 N–H and O–H groups in total. The highest BCUT2D eigenvalue weighted by Crippen LogP contribution is 2.25. The average Bonchev–Trinajstić information content (AvgIpc) is 2.74. The molecule has 0 spiro atoms. The maximum atomic E-state index is 3.34. The van der Waals surface area contributed by atoms with Crippen LogP contribution >= 0.6 is 0 Å². The molecule has 0 aromatic carbocycles. The van der Waals surface area contributed by atoms with Crippen molar-refractivity contribution in [3.8, 4) is 0 Å².